The van der Waals surface area contributed by atoms with Crippen LogP contribution in [0.25, 0.3) is 4.85 Å². The van der Waals surface area contributed by atoms with Gasteiger partial charge in [-0.3, -0.25) is 0 Å². The van der Waals surface area contributed by atoms with Gasteiger partial charge in [0.15, 0.2) is 0 Å². The minimum absolute atomic E-state index is 0.614. The molecule has 0 atom stereocenters. The van der Waals surface area contributed by atoms with E-state index in [4.69, 9.17) is 11.3 Å². The molecule has 0 bridgehead atoms. The number of hydrogen-bond acceptors (Lipinski definition) is 1. The molecule has 0 aromatic heterocycles. The van der Waals surface area contributed by atoms with Crippen molar-refractivity contribution in [2.75, 3.05) is 6.61 Å². The third kappa shape index (κ3) is 2.00. The van der Waals surface area contributed by atoms with Crippen LogP contribution in [0.1, 0.15) is 12.8 Å². The second kappa shape index (κ2) is 3.49. The van der Waals surface area contributed by atoms with Gasteiger partial charge in [0.2, 0.25) is 5.69 Å². The molecule has 1 saturated carbocycles. The van der Waals surface area contributed by atoms with Gasteiger partial charge in [-0.05, 0) is 24.8 Å². The van der Waals surface area contributed by atoms with Gasteiger partial charge in [-0.2, -0.15) is 0 Å². The van der Waals surface area contributed by atoms with Crippen molar-refractivity contribution in [1.29, 1.82) is 0 Å². The molecular weight excluding hydrogens is 162 g/mol. The molecule has 2 rings (SSSR count). The maximum absolute atomic E-state index is 6.93. The molecule has 0 radical (unpaired) electrons. The third-order valence-electron chi connectivity index (χ3n) is 2.16. The Morgan fingerprint density at radius 3 is 2.85 bits per heavy atom. The summed E-state index contributed by atoms with van der Waals surface area (Å²) in [5.74, 6) is 1.46. The summed E-state index contributed by atoms with van der Waals surface area (Å²) in [7, 11) is 0. The zero-order chi connectivity index (χ0) is 9.10. The van der Waals surface area contributed by atoms with Gasteiger partial charge in [-0.15, -0.1) is 0 Å². The van der Waals surface area contributed by atoms with E-state index in [-0.39, 0.29) is 0 Å². The van der Waals surface area contributed by atoms with Crippen molar-refractivity contribution in [3.63, 3.8) is 0 Å². The maximum atomic E-state index is 6.93. The van der Waals surface area contributed by atoms with E-state index >= 15 is 0 Å². The first-order chi connectivity index (χ1) is 6.40. The molecule has 0 aliphatic heterocycles. The van der Waals surface area contributed by atoms with E-state index in [1.807, 2.05) is 18.2 Å². The van der Waals surface area contributed by atoms with E-state index in [2.05, 4.69) is 4.85 Å². The van der Waals surface area contributed by atoms with Gasteiger partial charge in [0, 0.05) is 0 Å². The Labute approximate surface area is 78.0 Å². The molecule has 0 heterocycles. The lowest BCUT2D eigenvalue weighted by molar-refractivity contribution is 0.301. The van der Waals surface area contributed by atoms with Crippen molar-refractivity contribution < 1.29 is 4.74 Å². The molecule has 1 aliphatic carbocycles. The van der Waals surface area contributed by atoms with Gasteiger partial charge in [-0.1, -0.05) is 18.2 Å². The zero-order valence-corrected chi connectivity index (χ0v) is 7.36. The summed E-state index contributed by atoms with van der Waals surface area (Å²) in [6.07, 6.45) is 2.56. The van der Waals surface area contributed by atoms with Crippen LogP contribution >= 0.6 is 0 Å². The minimum atomic E-state index is 0.614. The van der Waals surface area contributed by atoms with Crippen LogP contribution in [0.5, 0.6) is 5.75 Å². The summed E-state index contributed by atoms with van der Waals surface area (Å²) >= 11 is 0. The van der Waals surface area contributed by atoms with E-state index in [9.17, 15) is 0 Å². The van der Waals surface area contributed by atoms with Crippen LogP contribution < -0.4 is 4.74 Å². The van der Waals surface area contributed by atoms with Crippen LogP contribution in [0, 0.1) is 12.5 Å². The molecule has 0 saturated heterocycles. The maximum Gasteiger partial charge on any atom is 0.228 e. The van der Waals surface area contributed by atoms with Crippen molar-refractivity contribution >= 4 is 5.69 Å². The average molecular weight is 173 g/mol. The van der Waals surface area contributed by atoms with Gasteiger partial charge in [-0.25, -0.2) is 4.85 Å². The number of nitrogens with zero attached hydrogens (tertiary/aromatic N) is 1. The van der Waals surface area contributed by atoms with Crippen molar-refractivity contribution in [2.45, 2.75) is 12.8 Å². The molecular formula is C11H11NO. The van der Waals surface area contributed by atoms with Gasteiger partial charge in [0.05, 0.1) is 13.2 Å². The quantitative estimate of drug-likeness (QED) is 0.640. The number of benzene rings is 1. The molecule has 2 heteroatoms. The molecule has 1 aliphatic rings. The fourth-order valence-electron chi connectivity index (χ4n) is 1.16. The van der Waals surface area contributed by atoms with Crippen LogP contribution in [0.4, 0.5) is 5.69 Å². The van der Waals surface area contributed by atoms with E-state index in [0.29, 0.717) is 5.69 Å². The number of rotatable bonds is 3. The molecule has 0 N–H and O–H groups in total. The number of hydrogen-bond donors (Lipinski definition) is 0. The lowest BCUT2D eigenvalue weighted by Gasteiger charge is -2.05. The molecule has 2 nitrogen and oxygen atoms in total. The standard InChI is InChI=1S/C11H11NO/c1-12-10-4-2-3-5-11(10)13-8-9-6-7-9/h2-5,9H,6-8H2. The Hall–Kier alpha value is -1.49. The molecule has 0 spiro atoms. The minimum Gasteiger partial charge on any atom is -0.504 e. The second-order valence-corrected chi connectivity index (χ2v) is 3.33. The van der Waals surface area contributed by atoms with E-state index in [0.717, 1.165) is 18.3 Å². The average Bonchev–Trinajstić information content (AvgIpc) is 2.99. The van der Waals surface area contributed by atoms with E-state index in [1.54, 1.807) is 6.07 Å². The fraction of sp³-hybridized carbons (Fsp3) is 0.364. The number of para-hydroxylation sites is 2. The summed E-state index contributed by atoms with van der Waals surface area (Å²) in [4.78, 5) is 3.39. The molecule has 0 unspecified atom stereocenters. The van der Waals surface area contributed by atoms with Crippen molar-refractivity contribution in [3.05, 3.63) is 35.7 Å². The molecule has 1 aromatic carbocycles. The van der Waals surface area contributed by atoms with Gasteiger partial charge in [0.1, 0.15) is 5.75 Å². The Kier molecular flexibility index (Phi) is 2.18. The predicted molar refractivity (Wildman–Crippen MR) is 50.9 cm³/mol. The van der Waals surface area contributed by atoms with Gasteiger partial charge < -0.3 is 4.74 Å². The number of ether oxygens (including phenoxy) is 1. The normalized spacial score (nSPS) is 15.0. The Bertz CT molecular complexity index is 336. The lowest BCUT2D eigenvalue weighted by Crippen LogP contribution is -1.98. The van der Waals surface area contributed by atoms with Crippen molar-refractivity contribution in [2.24, 2.45) is 5.92 Å². The summed E-state index contributed by atoms with van der Waals surface area (Å²) < 4.78 is 5.54. The SMILES string of the molecule is [C-]#[N+]c1ccccc1OCC1CC1. The lowest BCUT2D eigenvalue weighted by atomic mass is 10.3. The van der Waals surface area contributed by atoms with Crippen LogP contribution in [-0.4, -0.2) is 6.61 Å². The molecule has 66 valence electrons. The van der Waals surface area contributed by atoms with Crippen LogP contribution in [-0.2, 0) is 0 Å². The summed E-state index contributed by atoms with van der Waals surface area (Å²) in [5, 5.41) is 0. The monoisotopic (exact) mass is 173 g/mol. The summed E-state index contributed by atoms with van der Waals surface area (Å²) in [6.45, 7) is 7.70. The highest BCUT2D eigenvalue weighted by molar-refractivity contribution is 5.56. The first-order valence-corrected chi connectivity index (χ1v) is 4.49. The Morgan fingerprint density at radius 1 is 1.38 bits per heavy atom. The first kappa shape index (κ1) is 8.12. The van der Waals surface area contributed by atoms with Crippen LogP contribution in [0.15, 0.2) is 24.3 Å². The van der Waals surface area contributed by atoms with Crippen molar-refractivity contribution in [1.82, 2.24) is 0 Å². The smallest absolute Gasteiger partial charge is 0.228 e. The topological polar surface area (TPSA) is 13.6 Å². The summed E-state index contributed by atoms with van der Waals surface area (Å²) in [5.41, 5.74) is 0.614. The Morgan fingerprint density at radius 2 is 2.15 bits per heavy atom. The predicted octanol–water partition coefficient (Wildman–Crippen LogP) is 3.03. The molecule has 0 amide bonds. The largest absolute Gasteiger partial charge is 0.504 e. The van der Waals surface area contributed by atoms with Crippen molar-refractivity contribution in [3.8, 4) is 5.75 Å². The first-order valence-electron chi connectivity index (χ1n) is 4.49. The molecule has 13 heavy (non-hydrogen) atoms. The second-order valence-electron chi connectivity index (χ2n) is 3.33. The highest BCUT2D eigenvalue weighted by Crippen LogP contribution is 2.32. The molecule has 1 fully saturated rings. The van der Waals surface area contributed by atoms with Gasteiger partial charge >= 0.3 is 0 Å². The van der Waals surface area contributed by atoms with Crippen LogP contribution in [0.3, 0.4) is 0 Å². The van der Waals surface area contributed by atoms with Gasteiger partial charge in [0.25, 0.3) is 0 Å². The van der Waals surface area contributed by atoms with Crippen LogP contribution in [0.2, 0.25) is 0 Å². The van der Waals surface area contributed by atoms with E-state index in [1.165, 1.54) is 12.8 Å². The Balaban J connectivity index is 2.05. The zero-order valence-electron chi connectivity index (χ0n) is 7.36. The molecule has 1 aromatic rings. The summed E-state index contributed by atoms with van der Waals surface area (Å²) in [6, 6.07) is 7.40. The highest BCUT2D eigenvalue weighted by Gasteiger charge is 2.22. The highest BCUT2D eigenvalue weighted by atomic mass is 16.5. The fourth-order valence-corrected chi connectivity index (χ4v) is 1.16. The van der Waals surface area contributed by atoms with E-state index < -0.39 is 0 Å². The third-order valence-corrected chi connectivity index (χ3v) is 2.16.